The number of hydrogen-bond donors (Lipinski definition) is 0. The van der Waals surface area contributed by atoms with Crippen LogP contribution in [0.4, 0.5) is 0 Å². The largest absolute Gasteiger partial charge is 0.468 e. The minimum Gasteiger partial charge on any atom is -0.468 e. The zero-order valence-corrected chi connectivity index (χ0v) is 13.9. The Labute approximate surface area is 132 Å². The van der Waals surface area contributed by atoms with E-state index in [-0.39, 0.29) is 6.54 Å². The number of rotatable bonds is 6. The van der Waals surface area contributed by atoms with E-state index in [9.17, 15) is 8.42 Å². The molecule has 0 aliphatic rings. The van der Waals surface area contributed by atoms with Crippen molar-refractivity contribution in [2.45, 2.75) is 32.2 Å². The van der Waals surface area contributed by atoms with E-state index in [0.29, 0.717) is 17.2 Å². The van der Waals surface area contributed by atoms with E-state index in [4.69, 9.17) is 4.42 Å². The van der Waals surface area contributed by atoms with Crippen molar-refractivity contribution in [2.24, 2.45) is 0 Å². The predicted molar refractivity (Wildman–Crippen MR) is 86.9 cm³/mol. The van der Waals surface area contributed by atoms with Gasteiger partial charge in [-0.3, -0.25) is 0 Å². The fraction of sp³-hybridized carbons (Fsp3) is 0.294. The van der Waals surface area contributed by atoms with Gasteiger partial charge in [0.05, 0.1) is 17.7 Å². The standard InChI is InChI=1S/C17H21NO3S/c1-14(2)10-11-18(13-16-5-4-12-21-16)22(19,20)17-8-6-15(3)7-9-17/h4-10,12H,11,13H2,1-3H3. The van der Waals surface area contributed by atoms with Crippen molar-refractivity contribution in [1.29, 1.82) is 0 Å². The molecule has 2 aromatic rings. The van der Waals surface area contributed by atoms with Crippen LogP contribution in [0.15, 0.2) is 63.6 Å². The van der Waals surface area contributed by atoms with E-state index in [1.54, 1.807) is 42.7 Å². The van der Waals surface area contributed by atoms with Gasteiger partial charge in [0.15, 0.2) is 0 Å². The molecule has 22 heavy (non-hydrogen) atoms. The molecular formula is C17H21NO3S. The van der Waals surface area contributed by atoms with Gasteiger partial charge < -0.3 is 4.42 Å². The lowest BCUT2D eigenvalue weighted by Gasteiger charge is -2.20. The summed E-state index contributed by atoms with van der Waals surface area (Å²) in [6, 6.07) is 10.4. The van der Waals surface area contributed by atoms with E-state index in [1.807, 2.05) is 26.8 Å². The molecule has 0 N–H and O–H groups in total. The highest BCUT2D eigenvalue weighted by molar-refractivity contribution is 7.89. The first-order chi connectivity index (χ1) is 10.4. The molecule has 0 unspecified atom stereocenters. The van der Waals surface area contributed by atoms with Gasteiger partial charge >= 0.3 is 0 Å². The molecule has 0 saturated heterocycles. The number of sulfonamides is 1. The smallest absolute Gasteiger partial charge is 0.243 e. The second kappa shape index (κ2) is 6.94. The van der Waals surface area contributed by atoms with E-state index in [2.05, 4.69) is 0 Å². The molecule has 0 amide bonds. The molecule has 0 aliphatic carbocycles. The number of aryl methyl sites for hydroxylation is 1. The summed E-state index contributed by atoms with van der Waals surface area (Å²) >= 11 is 0. The van der Waals surface area contributed by atoms with Gasteiger partial charge in [-0.15, -0.1) is 0 Å². The first kappa shape index (κ1) is 16.5. The third-order valence-electron chi connectivity index (χ3n) is 3.27. The molecule has 5 heteroatoms. The molecule has 0 bridgehead atoms. The molecule has 0 atom stereocenters. The molecular weight excluding hydrogens is 298 g/mol. The summed E-state index contributed by atoms with van der Waals surface area (Å²) in [7, 11) is -3.56. The summed E-state index contributed by atoms with van der Waals surface area (Å²) in [5.74, 6) is 0.623. The van der Waals surface area contributed by atoms with Gasteiger partial charge in [0, 0.05) is 6.54 Å². The normalized spacial score (nSPS) is 11.6. The monoisotopic (exact) mass is 319 g/mol. The van der Waals surface area contributed by atoms with Crippen LogP contribution in [0.3, 0.4) is 0 Å². The fourth-order valence-corrected chi connectivity index (χ4v) is 3.31. The zero-order valence-electron chi connectivity index (χ0n) is 13.1. The first-order valence-electron chi connectivity index (χ1n) is 7.12. The minimum absolute atomic E-state index is 0.215. The van der Waals surface area contributed by atoms with E-state index >= 15 is 0 Å². The van der Waals surface area contributed by atoms with Crippen LogP contribution in [-0.4, -0.2) is 19.3 Å². The van der Waals surface area contributed by atoms with Gasteiger partial charge in [-0.25, -0.2) is 8.42 Å². The van der Waals surface area contributed by atoms with Crippen molar-refractivity contribution in [3.05, 3.63) is 65.6 Å². The van der Waals surface area contributed by atoms with Gasteiger partial charge in [-0.2, -0.15) is 4.31 Å². The van der Waals surface area contributed by atoms with Crippen LogP contribution in [0.2, 0.25) is 0 Å². The van der Waals surface area contributed by atoms with E-state index in [1.165, 1.54) is 4.31 Å². The Hall–Kier alpha value is -1.85. The molecule has 118 valence electrons. The third kappa shape index (κ3) is 4.08. The maximum absolute atomic E-state index is 12.8. The van der Waals surface area contributed by atoms with Crippen LogP contribution < -0.4 is 0 Å². The second-order valence-electron chi connectivity index (χ2n) is 5.47. The highest BCUT2D eigenvalue weighted by Gasteiger charge is 2.24. The van der Waals surface area contributed by atoms with Crippen molar-refractivity contribution >= 4 is 10.0 Å². The lowest BCUT2D eigenvalue weighted by Crippen LogP contribution is -2.30. The second-order valence-corrected chi connectivity index (χ2v) is 7.41. The van der Waals surface area contributed by atoms with Gasteiger partial charge in [0.2, 0.25) is 10.0 Å². The topological polar surface area (TPSA) is 50.5 Å². The summed E-state index contributed by atoms with van der Waals surface area (Å²) in [4.78, 5) is 0.298. The quantitative estimate of drug-likeness (QED) is 0.762. The SMILES string of the molecule is CC(C)=CCN(Cc1ccco1)S(=O)(=O)c1ccc(C)cc1. The maximum atomic E-state index is 12.8. The van der Waals surface area contributed by atoms with Crippen LogP contribution in [0, 0.1) is 6.92 Å². The van der Waals surface area contributed by atoms with Crippen LogP contribution in [0.25, 0.3) is 0 Å². The summed E-state index contributed by atoms with van der Waals surface area (Å²) in [5, 5.41) is 0. The van der Waals surface area contributed by atoms with Crippen molar-refractivity contribution in [3.63, 3.8) is 0 Å². The molecule has 1 aromatic carbocycles. The molecule has 4 nitrogen and oxygen atoms in total. The Morgan fingerprint density at radius 1 is 1.18 bits per heavy atom. The van der Waals surface area contributed by atoms with Crippen LogP contribution in [0.1, 0.15) is 25.2 Å². The molecule has 0 saturated carbocycles. The molecule has 0 radical (unpaired) electrons. The molecule has 1 aromatic heterocycles. The number of furan rings is 1. The van der Waals surface area contributed by atoms with Gasteiger partial charge in [0.1, 0.15) is 5.76 Å². The zero-order chi connectivity index (χ0) is 16.2. The molecule has 0 fully saturated rings. The third-order valence-corrected chi connectivity index (χ3v) is 5.10. The lowest BCUT2D eigenvalue weighted by atomic mass is 10.2. The van der Waals surface area contributed by atoms with Crippen molar-refractivity contribution < 1.29 is 12.8 Å². The summed E-state index contributed by atoms with van der Waals surface area (Å²) in [5.41, 5.74) is 2.10. The van der Waals surface area contributed by atoms with Gasteiger partial charge in [-0.1, -0.05) is 29.3 Å². The number of hydrogen-bond acceptors (Lipinski definition) is 3. The molecule has 2 rings (SSSR count). The highest BCUT2D eigenvalue weighted by Crippen LogP contribution is 2.19. The number of benzene rings is 1. The average Bonchev–Trinajstić information content (AvgIpc) is 2.96. The Morgan fingerprint density at radius 2 is 1.86 bits per heavy atom. The van der Waals surface area contributed by atoms with E-state index < -0.39 is 10.0 Å². The maximum Gasteiger partial charge on any atom is 0.243 e. The lowest BCUT2D eigenvalue weighted by molar-refractivity contribution is 0.385. The van der Waals surface area contributed by atoms with Crippen LogP contribution >= 0.6 is 0 Å². The Balaban J connectivity index is 2.33. The number of allylic oxidation sites excluding steroid dienone is 1. The van der Waals surface area contributed by atoms with Gasteiger partial charge in [0.25, 0.3) is 0 Å². The average molecular weight is 319 g/mol. The Bertz CT molecular complexity index is 725. The van der Waals surface area contributed by atoms with Gasteiger partial charge in [-0.05, 0) is 45.0 Å². The molecule has 0 spiro atoms. The summed E-state index contributed by atoms with van der Waals surface area (Å²) in [6.07, 6.45) is 3.45. The highest BCUT2D eigenvalue weighted by atomic mass is 32.2. The summed E-state index contributed by atoms with van der Waals surface area (Å²) < 4.78 is 32.4. The first-order valence-corrected chi connectivity index (χ1v) is 8.56. The van der Waals surface area contributed by atoms with Crippen LogP contribution in [-0.2, 0) is 16.6 Å². The molecule has 0 aliphatic heterocycles. The minimum atomic E-state index is -3.56. The molecule has 1 heterocycles. The fourth-order valence-electron chi connectivity index (χ4n) is 1.97. The summed E-state index contributed by atoms with van der Waals surface area (Å²) in [6.45, 7) is 6.36. The Kier molecular flexibility index (Phi) is 5.21. The van der Waals surface area contributed by atoms with Crippen molar-refractivity contribution in [2.75, 3.05) is 6.54 Å². The van der Waals surface area contributed by atoms with Crippen molar-refractivity contribution in [1.82, 2.24) is 4.31 Å². The predicted octanol–water partition coefficient (Wildman–Crippen LogP) is 3.75. The van der Waals surface area contributed by atoms with Crippen molar-refractivity contribution in [3.8, 4) is 0 Å². The number of nitrogens with zero attached hydrogens (tertiary/aromatic N) is 1. The van der Waals surface area contributed by atoms with Crippen LogP contribution in [0.5, 0.6) is 0 Å². The Morgan fingerprint density at radius 3 is 2.41 bits per heavy atom. The van der Waals surface area contributed by atoms with E-state index in [0.717, 1.165) is 11.1 Å².